The molecule has 1 unspecified atom stereocenters. The molecule has 1 fully saturated rings. The van der Waals surface area contributed by atoms with Crippen LogP contribution < -0.4 is 0 Å². The number of carboxylic acids is 1. The molecular formula is C16H26O3. The Hall–Kier alpha value is -1.09. The molecule has 19 heavy (non-hydrogen) atoms. The van der Waals surface area contributed by atoms with Gasteiger partial charge in [-0.05, 0) is 52.9 Å². The van der Waals surface area contributed by atoms with Crippen LogP contribution in [0.5, 0.6) is 0 Å². The summed E-state index contributed by atoms with van der Waals surface area (Å²) in [6.07, 6.45) is 8.96. The summed E-state index contributed by atoms with van der Waals surface area (Å²) in [7, 11) is 0. The zero-order valence-electron chi connectivity index (χ0n) is 12.5. The van der Waals surface area contributed by atoms with Crippen molar-refractivity contribution in [3.63, 3.8) is 0 Å². The third kappa shape index (κ3) is 6.06. The van der Waals surface area contributed by atoms with Crippen LogP contribution in [0.3, 0.4) is 0 Å². The third-order valence-corrected chi connectivity index (χ3v) is 3.69. The van der Waals surface area contributed by atoms with Crippen molar-refractivity contribution in [1.29, 1.82) is 0 Å². The summed E-state index contributed by atoms with van der Waals surface area (Å²) >= 11 is 0. The number of epoxide rings is 1. The lowest BCUT2D eigenvalue weighted by atomic mass is 9.99. The first kappa shape index (κ1) is 16.0. The Balaban J connectivity index is 2.30. The van der Waals surface area contributed by atoms with Crippen LogP contribution in [0.2, 0.25) is 0 Å². The van der Waals surface area contributed by atoms with Crippen LogP contribution in [0.25, 0.3) is 0 Å². The number of ether oxygens (including phenoxy) is 1. The van der Waals surface area contributed by atoms with E-state index in [-0.39, 0.29) is 5.60 Å². The number of allylic oxidation sites excluding steroid dienone is 3. The highest BCUT2D eigenvalue weighted by Crippen LogP contribution is 2.39. The summed E-state index contributed by atoms with van der Waals surface area (Å²) in [6.45, 7) is 8.30. The zero-order chi connectivity index (χ0) is 14.5. The average molecular weight is 266 g/mol. The minimum absolute atomic E-state index is 0.0830. The second kappa shape index (κ2) is 6.90. The van der Waals surface area contributed by atoms with Crippen molar-refractivity contribution >= 4 is 5.97 Å². The van der Waals surface area contributed by atoms with E-state index in [1.54, 1.807) is 0 Å². The van der Waals surface area contributed by atoms with Gasteiger partial charge in [-0.3, -0.25) is 0 Å². The van der Waals surface area contributed by atoms with Gasteiger partial charge in [-0.15, -0.1) is 0 Å². The molecule has 1 rings (SSSR count). The SMILES string of the molecule is CCC(=CCCC(C)=CC(=O)O)CCC1OC1(C)C. The van der Waals surface area contributed by atoms with E-state index in [1.807, 2.05) is 6.92 Å². The molecule has 0 aromatic rings. The van der Waals surface area contributed by atoms with Gasteiger partial charge < -0.3 is 9.84 Å². The molecule has 0 aromatic heterocycles. The maximum absolute atomic E-state index is 10.5. The fourth-order valence-electron chi connectivity index (χ4n) is 2.27. The summed E-state index contributed by atoms with van der Waals surface area (Å²) in [6, 6.07) is 0. The topological polar surface area (TPSA) is 49.8 Å². The van der Waals surface area contributed by atoms with Gasteiger partial charge in [-0.25, -0.2) is 4.79 Å². The smallest absolute Gasteiger partial charge is 0.328 e. The Labute approximate surface area is 116 Å². The van der Waals surface area contributed by atoms with Gasteiger partial charge in [0.05, 0.1) is 11.7 Å². The minimum atomic E-state index is -0.856. The Bertz CT molecular complexity index is 377. The highest BCUT2D eigenvalue weighted by atomic mass is 16.6. The largest absolute Gasteiger partial charge is 0.478 e. The summed E-state index contributed by atoms with van der Waals surface area (Å²) in [5, 5.41) is 8.63. The van der Waals surface area contributed by atoms with Crippen LogP contribution in [-0.4, -0.2) is 22.8 Å². The van der Waals surface area contributed by atoms with E-state index in [2.05, 4.69) is 26.8 Å². The molecule has 0 saturated carbocycles. The molecule has 1 atom stereocenters. The molecule has 1 aliphatic rings. The van der Waals surface area contributed by atoms with Crippen LogP contribution in [0.4, 0.5) is 0 Å². The van der Waals surface area contributed by atoms with Gasteiger partial charge in [0.1, 0.15) is 0 Å². The van der Waals surface area contributed by atoms with E-state index in [1.165, 1.54) is 11.6 Å². The second-order valence-electron chi connectivity index (χ2n) is 5.83. The highest BCUT2D eigenvalue weighted by molar-refractivity contribution is 5.80. The van der Waals surface area contributed by atoms with E-state index in [9.17, 15) is 4.79 Å². The number of carbonyl (C=O) groups is 1. The number of carboxylic acid groups (broad SMARTS) is 1. The van der Waals surface area contributed by atoms with E-state index in [0.29, 0.717) is 6.10 Å². The standard InChI is InChI=1S/C16H26O3/c1-5-13(9-10-14-16(3,4)19-14)8-6-7-12(2)11-15(17)18/h8,11,14H,5-7,9-10H2,1-4H3,(H,17,18). The fourth-order valence-corrected chi connectivity index (χ4v) is 2.27. The molecule has 0 bridgehead atoms. The summed E-state index contributed by atoms with van der Waals surface area (Å²) in [4.78, 5) is 10.5. The maximum Gasteiger partial charge on any atom is 0.328 e. The van der Waals surface area contributed by atoms with Crippen molar-refractivity contribution in [2.24, 2.45) is 0 Å². The summed E-state index contributed by atoms with van der Waals surface area (Å²) in [5.74, 6) is -0.856. The van der Waals surface area contributed by atoms with Gasteiger partial charge in [-0.1, -0.05) is 24.1 Å². The Morgan fingerprint density at radius 2 is 2.00 bits per heavy atom. The molecule has 0 spiro atoms. The molecule has 1 aliphatic heterocycles. The fraction of sp³-hybridized carbons (Fsp3) is 0.688. The molecule has 0 aliphatic carbocycles. The predicted octanol–water partition coefficient (Wildman–Crippen LogP) is 4.09. The highest BCUT2D eigenvalue weighted by Gasteiger charge is 2.46. The average Bonchev–Trinajstić information content (AvgIpc) is 2.90. The van der Waals surface area contributed by atoms with Crippen molar-refractivity contribution in [3.8, 4) is 0 Å². The lowest BCUT2D eigenvalue weighted by Crippen LogP contribution is -2.02. The molecular weight excluding hydrogens is 240 g/mol. The molecule has 1 saturated heterocycles. The van der Waals surface area contributed by atoms with E-state index >= 15 is 0 Å². The van der Waals surface area contributed by atoms with Crippen LogP contribution in [-0.2, 0) is 9.53 Å². The minimum Gasteiger partial charge on any atom is -0.478 e. The van der Waals surface area contributed by atoms with Gasteiger partial charge in [0.25, 0.3) is 0 Å². The lowest BCUT2D eigenvalue weighted by molar-refractivity contribution is -0.131. The number of hydrogen-bond acceptors (Lipinski definition) is 2. The molecule has 0 aromatic carbocycles. The monoisotopic (exact) mass is 266 g/mol. The van der Waals surface area contributed by atoms with Crippen LogP contribution in [0, 0.1) is 0 Å². The van der Waals surface area contributed by atoms with Crippen LogP contribution >= 0.6 is 0 Å². The molecule has 0 radical (unpaired) electrons. The third-order valence-electron chi connectivity index (χ3n) is 3.69. The zero-order valence-corrected chi connectivity index (χ0v) is 12.5. The van der Waals surface area contributed by atoms with Gasteiger partial charge >= 0.3 is 5.97 Å². The Morgan fingerprint density at radius 1 is 1.37 bits per heavy atom. The number of hydrogen-bond donors (Lipinski definition) is 1. The summed E-state index contributed by atoms with van der Waals surface area (Å²) in [5.41, 5.74) is 2.46. The van der Waals surface area contributed by atoms with Gasteiger partial charge in [0.2, 0.25) is 0 Å². The molecule has 1 N–H and O–H groups in total. The Kier molecular flexibility index (Phi) is 5.80. The molecule has 108 valence electrons. The van der Waals surface area contributed by atoms with Crippen molar-refractivity contribution < 1.29 is 14.6 Å². The first-order valence-electron chi connectivity index (χ1n) is 7.11. The second-order valence-corrected chi connectivity index (χ2v) is 5.83. The Morgan fingerprint density at radius 3 is 2.47 bits per heavy atom. The normalized spacial score (nSPS) is 22.4. The maximum atomic E-state index is 10.5. The van der Waals surface area contributed by atoms with Crippen molar-refractivity contribution in [1.82, 2.24) is 0 Å². The molecule has 3 heteroatoms. The predicted molar refractivity (Wildman–Crippen MR) is 77.2 cm³/mol. The van der Waals surface area contributed by atoms with Crippen molar-refractivity contribution in [2.45, 2.75) is 71.5 Å². The van der Waals surface area contributed by atoms with E-state index in [4.69, 9.17) is 9.84 Å². The molecule has 1 heterocycles. The number of rotatable bonds is 8. The molecule has 0 amide bonds. The number of aliphatic carboxylic acids is 1. The quantitative estimate of drug-likeness (QED) is 0.409. The van der Waals surface area contributed by atoms with E-state index < -0.39 is 5.97 Å². The summed E-state index contributed by atoms with van der Waals surface area (Å²) < 4.78 is 5.58. The van der Waals surface area contributed by atoms with Crippen LogP contribution in [0.1, 0.15) is 59.8 Å². The van der Waals surface area contributed by atoms with Crippen LogP contribution in [0.15, 0.2) is 23.3 Å². The molecule has 3 nitrogen and oxygen atoms in total. The van der Waals surface area contributed by atoms with Crippen molar-refractivity contribution in [3.05, 3.63) is 23.3 Å². The van der Waals surface area contributed by atoms with Gasteiger partial charge in [0.15, 0.2) is 0 Å². The van der Waals surface area contributed by atoms with E-state index in [0.717, 1.165) is 37.7 Å². The van der Waals surface area contributed by atoms with Crippen molar-refractivity contribution in [2.75, 3.05) is 0 Å². The first-order valence-corrected chi connectivity index (χ1v) is 7.11. The lowest BCUT2D eigenvalue weighted by Gasteiger charge is -2.04. The van der Waals surface area contributed by atoms with Gasteiger partial charge in [0, 0.05) is 6.08 Å². The first-order chi connectivity index (χ1) is 8.85. The van der Waals surface area contributed by atoms with Gasteiger partial charge in [-0.2, -0.15) is 0 Å².